The number of hydrogen-bond acceptors (Lipinski definition) is 6. The van der Waals surface area contributed by atoms with Gasteiger partial charge in [0.05, 0.1) is 19.9 Å². The fraction of sp³-hybridized carbons (Fsp3) is 0.450. The van der Waals surface area contributed by atoms with Crippen LogP contribution in [0.2, 0.25) is 0 Å². The minimum atomic E-state index is -4.53. The lowest BCUT2D eigenvalue weighted by Gasteiger charge is -2.33. The monoisotopic (exact) mass is 421 g/mol. The smallest absolute Gasteiger partial charge is 0.433 e. The first-order valence-electron chi connectivity index (χ1n) is 9.60. The third-order valence-electron chi connectivity index (χ3n) is 5.37. The van der Waals surface area contributed by atoms with Crippen molar-refractivity contribution in [2.24, 2.45) is 0 Å². The SMILES string of the molecule is COc1ccc(CN2CCCC(c3cc(C(F)(F)F)n4ncnc4n3)C2)c(OC)c1. The highest BCUT2D eigenvalue weighted by Gasteiger charge is 2.36. The standard InChI is InChI=1S/C20H22F3N5O2/c1-29-15-6-5-14(17(8-15)30-2)11-27-7-3-4-13(10-27)16-9-18(20(21,22)23)28-19(26-16)24-12-25-28/h5-6,8-9,12-13H,3-4,7,10-11H2,1-2H3. The average molecular weight is 421 g/mol. The van der Waals surface area contributed by atoms with Crippen molar-refractivity contribution >= 4 is 5.78 Å². The molecule has 3 heterocycles. The first-order chi connectivity index (χ1) is 14.4. The van der Waals surface area contributed by atoms with Crippen molar-refractivity contribution in [2.45, 2.75) is 31.5 Å². The van der Waals surface area contributed by atoms with E-state index in [9.17, 15) is 13.2 Å². The number of piperidine rings is 1. The average Bonchev–Trinajstić information content (AvgIpc) is 3.21. The Labute approximate surface area is 171 Å². The molecule has 0 aliphatic carbocycles. The predicted octanol–water partition coefficient (Wildman–Crippen LogP) is 3.54. The van der Waals surface area contributed by atoms with E-state index in [-0.39, 0.29) is 11.7 Å². The van der Waals surface area contributed by atoms with E-state index in [2.05, 4.69) is 20.0 Å². The van der Waals surface area contributed by atoms with E-state index in [4.69, 9.17) is 9.47 Å². The molecule has 30 heavy (non-hydrogen) atoms. The van der Waals surface area contributed by atoms with Crippen molar-refractivity contribution in [3.63, 3.8) is 0 Å². The van der Waals surface area contributed by atoms with Gasteiger partial charge < -0.3 is 9.47 Å². The molecule has 1 aliphatic rings. The summed E-state index contributed by atoms with van der Waals surface area (Å²) in [5.74, 6) is 1.27. The summed E-state index contributed by atoms with van der Waals surface area (Å²) in [6, 6.07) is 6.75. The fourth-order valence-electron chi connectivity index (χ4n) is 3.91. The first-order valence-corrected chi connectivity index (χ1v) is 9.60. The molecule has 160 valence electrons. The van der Waals surface area contributed by atoms with E-state index in [1.165, 1.54) is 0 Å². The second kappa shape index (κ2) is 8.10. The Kier molecular flexibility index (Phi) is 5.50. The van der Waals surface area contributed by atoms with Crippen molar-refractivity contribution in [1.29, 1.82) is 0 Å². The summed E-state index contributed by atoms with van der Waals surface area (Å²) in [7, 11) is 3.20. The molecule has 0 amide bonds. The summed E-state index contributed by atoms with van der Waals surface area (Å²) in [5, 5.41) is 3.66. The van der Waals surface area contributed by atoms with Crippen LogP contribution in [0.5, 0.6) is 11.5 Å². The highest BCUT2D eigenvalue weighted by Crippen LogP contribution is 2.34. The zero-order valence-corrected chi connectivity index (χ0v) is 16.7. The van der Waals surface area contributed by atoms with Gasteiger partial charge in [-0.05, 0) is 31.5 Å². The molecule has 1 saturated heterocycles. The van der Waals surface area contributed by atoms with Crippen LogP contribution >= 0.6 is 0 Å². The van der Waals surface area contributed by atoms with Crippen molar-refractivity contribution in [3.05, 3.63) is 47.5 Å². The number of alkyl halides is 3. The highest BCUT2D eigenvalue weighted by atomic mass is 19.4. The third kappa shape index (κ3) is 4.04. The van der Waals surface area contributed by atoms with E-state index in [0.717, 1.165) is 47.6 Å². The van der Waals surface area contributed by atoms with E-state index in [1.54, 1.807) is 14.2 Å². The van der Waals surface area contributed by atoms with Crippen LogP contribution in [-0.2, 0) is 12.7 Å². The molecule has 10 heteroatoms. The van der Waals surface area contributed by atoms with E-state index >= 15 is 0 Å². The number of likely N-dealkylation sites (tertiary alicyclic amines) is 1. The van der Waals surface area contributed by atoms with Crippen molar-refractivity contribution in [3.8, 4) is 11.5 Å². The number of nitrogens with zero attached hydrogens (tertiary/aromatic N) is 5. The number of fused-ring (bicyclic) bond motifs is 1. The summed E-state index contributed by atoms with van der Waals surface area (Å²) in [5.41, 5.74) is 0.541. The molecule has 1 aliphatic heterocycles. The molecule has 0 bridgehead atoms. The van der Waals surface area contributed by atoms with Crippen LogP contribution in [0.4, 0.5) is 13.2 Å². The molecule has 7 nitrogen and oxygen atoms in total. The van der Waals surface area contributed by atoms with Crippen LogP contribution in [0.25, 0.3) is 5.78 Å². The molecule has 1 unspecified atom stereocenters. The topological polar surface area (TPSA) is 64.8 Å². The van der Waals surface area contributed by atoms with Gasteiger partial charge in [0.15, 0.2) is 5.69 Å². The van der Waals surface area contributed by atoms with E-state index in [1.807, 2.05) is 18.2 Å². The van der Waals surface area contributed by atoms with Crippen molar-refractivity contribution < 1.29 is 22.6 Å². The minimum absolute atomic E-state index is 0.0335. The van der Waals surface area contributed by atoms with Crippen LogP contribution in [0, 0.1) is 0 Å². The zero-order valence-electron chi connectivity index (χ0n) is 16.7. The molecule has 2 aromatic heterocycles. The molecular weight excluding hydrogens is 399 g/mol. The fourth-order valence-corrected chi connectivity index (χ4v) is 3.91. The van der Waals surface area contributed by atoms with Gasteiger partial charge in [0.25, 0.3) is 5.78 Å². The lowest BCUT2D eigenvalue weighted by molar-refractivity contribution is -0.142. The largest absolute Gasteiger partial charge is 0.497 e. The molecule has 0 spiro atoms. The maximum atomic E-state index is 13.5. The van der Waals surface area contributed by atoms with E-state index in [0.29, 0.717) is 24.5 Å². The maximum Gasteiger partial charge on any atom is 0.433 e. The van der Waals surface area contributed by atoms with Gasteiger partial charge in [0.2, 0.25) is 0 Å². The highest BCUT2D eigenvalue weighted by molar-refractivity contribution is 5.41. The summed E-state index contributed by atoms with van der Waals surface area (Å²) in [6.45, 7) is 2.08. The lowest BCUT2D eigenvalue weighted by Crippen LogP contribution is -2.34. The van der Waals surface area contributed by atoms with Gasteiger partial charge >= 0.3 is 6.18 Å². The van der Waals surface area contributed by atoms with Crippen LogP contribution in [0.15, 0.2) is 30.6 Å². The Hall–Kier alpha value is -2.88. The molecular formula is C20H22F3N5O2. The maximum absolute atomic E-state index is 13.5. The van der Waals surface area contributed by atoms with Crippen LogP contribution in [-0.4, -0.2) is 51.8 Å². The van der Waals surface area contributed by atoms with Gasteiger partial charge in [-0.25, -0.2) is 4.98 Å². The quantitative estimate of drug-likeness (QED) is 0.628. The Morgan fingerprint density at radius 2 is 2.00 bits per heavy atom. The summed E-state index contributed by atoms with van der Waals surface area (Å²) < 4.78 is 52.0. The van der Waals surface area contributed by atoms with Gasteiger partial charge in [-0.2, -0.15) is 27.8 Å². The Morgan fingerprint density at radius 1 is 1.17 bits per heavy atom. The number of aromatic nitrogens is 4. The van der Waals surface area contributed by atoms with Gasteiger partial charge in [-0.15, -0.1) is 0 Å². The summed E-state index contributed by atoms with van der Waals surface area (Å²) in [6.07, 6.45) is -1.81. The number of hydrogen-bond donors (Lipinski definition) is 0. The van der Waals surface area contributed by atoms with Gasteiger partial charge in [-0.1, -0.05) is 6.07 Å². The molecule has 0 saturated carbocycles. The normalized spacial score (nSPS) is 18.0. The molecule has 1 atom stereocenters. The van der Waals surface area contributed by atoms with Crippen molar-refractivity contribution in [1.82, 2.24) is 24.5 Å². The number of halogens is 3. The second-order valence-electron chi connectivity index (χ2n) is 7.29. The number of rotatable bonds is 5. The summed E-state index contributed by atoms with van der Waals surface area (Å²) in [4.78, 5) is 10.4. The molecule has 0 radical (unpaired) electrons. The number of ether oxygens (including phenoxy) is 2. The molecule has 0 N–H and O–H groups in total. The number of benzene rings is 1. The third-order valence-corrected chi connectivity index (χ3v) is 5.37. The Morgan fingerprint density at radius 3 is 2.73 bits per heavy atom. The Balaban J connectivity index is 1.58. The Bertz CT molecular complexity index is 1040. The molecule has 4 rings (SSSR count). The molecule has 1 fully saturated rings. The van der Waals surface area contributed by atoms with E-state index < -0.39 is 11.9 Å². The lowest BCUT2D eigenvalue weighted by atomic mass is 9.93. The predicted molar refractivity (Wildman–Crippen MR) is 103 cm³/mol. The van der Waals surface area contributed by atoms with Gasteiger partial charge in [0.1, 0.15) is 17.8 Å². The van der Waals surface area contributed by atoms with Crippen molar-refractivity contribution in [2.75, 3.05) is 27.3 Å². The van der Waals surface area contributed by atoms with Crippen LogP contribution < -0.4 is 9.47 Å². The molecule has 1 aromatic carbocycles. The van der Waals surface area contributed by atoms with Gasteiger partial charge in [-0.3, -0.25) is 4.90 Å². The van der Waals surface area contributed by atoms with Crippen LogP contribution in [0.1, 0.15) is 35.7 Å². The zero-order chi connectivity index (χ0) is 21.3. The first kappa shape index (κ1) is 20.4. The minimum Gasteiger partial charge on any atom is -0.497 e. The summed E-state index contributed by atoms with van der Waals surface area (Å²) >= 11 is 0. The van der Waals surface area contributed by atoms with Gasteiger partial charge in [0, 0.05) is 30.6 Å². The molecule has 3 aromatic rings. The van der Waals surface area contributed by atoms with Crippen LogP contribution in [0.3, 0.4) is 0 Å². The number of methoxy groups -OCH3 is 2. The second-order valence-corrected chi connectivity index (χ2v) is 7.29.